The van der Waals surface area contributed by atoms with E-state index in [4.69, 9.17) is 9.47 Å². The SMILES string of the molecule is C[C@@H]1CC[C@@H](OC(=O)CCCC[C@@H]2CCSS2)CO1. The lowest BCUT2D eigenvalue weighted by Gasteiger charge is -2.26. The zero-order chi connectivity index (χ0) is 13.5. The van der Waals surface area contributed by atoms with Gasteiger partial charge in [0.1, 0.15) is 6.10 Å². The summed E-state index contributed by atoms with van der Waals surface area (Å²) < 4.78 is 10.9. The Morgan fingerprint density at radius 1 is 1.32 bits per heavy atom. The van der Waals surface area contributed by atoms with Crippen molar-refractivity contribution in [1.29, 1.82) is 0 Å². The predicted molar refractivity (Wildman–Crippen MR) is 81.5 cm³/mol. The summed E-state index contributed by atoms with van der Waals surface area (Å²) in [7, 11) is 3.99. The van der Waals surface area contributed by atoms with Crippen molar-refractivity contribution >= 4 is 27.6 Å². The summed E-state index contributed by atoms with van der Waals surface area (Å²) in [5, 5.41) is 0.814. The molecule has 0 spiro atoms. The Hall–Kier alpha value is 0.130. The molecule has 110 valence electrons. The molecule has 0 N–H and O–H groups in total. The van der Waals surface area contributed by atoms with E-state index in [9.17, 15) is 4.79 Å². The van der Waals surface area contributed by atoms with Crippen LogP contribution in [0.15, 0.2) is 0 Å². The number of carbonyl (C=O) groups is 1. The molecular weight excluding hydrogens is 280 g/mol. The van der Waals surface area contributed by atoms with Gasteiger partial charge in [-0.05, 0) is 39.0 Å². The Bertz CT molecular complexity index is 272. The van der Waals surface area contributed by atoms with Crippen LogP contribution >= 0.6 is 21.6 Å². The molecule has 2 aliphatic heterocycles. The Morgan fingerprint density at radius 3 is 2.89 bits per heavy atom. The lowest BCUT2D eigenvalue weighted by molar-refractivity contribution is -0.158. The van der Waals surface area contributed by atoms with E-state index in [1.165, 1.54) is 18.6 Å². The fourth-order valence-corrected chi connectivity index (χ4v) is 5.43. The van der Waals surface area contributed by atoms with Crippen LogP contribution in [0.1, 0.15) is 51.9 Å². The maximum Gasteiger partial charge on any atom is 0.306 e. The van der Waals surface area contributed by atoms with Gasteiger partial charge in [-0.3, -0.25) is 4.79 Å². The molecular formula is C14H24O3S2. The normalized spacial score (nSPS) is 31.3. The van der Waals surface area contributed by atoms with Gasteiger partial charge in [-0.2, -0.15) is 0 Å². The van der Waals surface area contributed by atoms with E-state index in [-0.39, 0.29) is 12.1 Å². The first-order valence-electron chi connectivity index (χ1n) is 7.33. The third kappa shape index (κ3) is 5.96. The van der Waals surface area contributed by atoms with Crippen LogP contribution in [0, 0.1) is 0 Å². The highest BCUT2D eigenvalue weighted by atomic mass is 33.1. The molecule has 0 unspecified atom stereocenters. The van der Waals surface area contributed by atoms with Crippen molar-refractivity contribution in [2.24, 2.45) is 0 Å². The number of hydrogen-bond acceptors (Lipinski definition) is 5. The summed E-state index contributed by atoms with van der Waals surface area (Å²) >= 11 is 0. The van der Waals surface area contributed by atoms with Gasteiger partial charge < -0.3 is 9.47 Å². The van der Waals surface area contributed by atoms with Gasteiger partial charge in [0, 0.05) is 17.4 Å². The molecule has 0 bridgehead atoms. The zero-order valence-corrected chi connectivity index (χ0v) is 13.3. The number of carbonyl (C=O) groups excluding carboxylic acids is 1. The van der Waals surface area contributed by atoms with Crippen molar-refractivity contribution in [2.45, 2.75) is 69.3 Å². The largest absolute Gasteiger partial charge is 0.460 e. The second kappa shape index (κ2) is 8.42. The minimum absolute atomic E-state index is 0.00881. The third-order valence-corrected chi connectivity index (χ3v) is 6.65. The molecule has 19 heavy (non-hydrogen) atoms. The van der Waals surface area contributed by atoms with E-state index in [0.29, 0.717) is 19.1 Å². The summed E-state index contributed by atoms with van der Waals surface area (Å²) in [5.74, 6) is 1.24. The van der Waals surface area contributed by atoms with Crippen molar-refractivity contribution < 1.29 is 14.3 Å². The number of unbranched alkanes of at least 4 members (excludes halogenated alkanes) is 1. The summed E-state index contributed by atoms with van der Waals surface area (Å²) in [6.45, 7) is 2.64. The maximum absolute atomic E-state index is 11.7. The number of rotatable bonds is 6. The summed E-state index contributed by atoms with van der Waals surface area (Å²) in [5.41, 5.74) is 0. The van der Waals surface area contributed by atoms with Gasteiger partial charge in [0.25, 0.3) is 0 Å². The van der Waals surface area contributed by atoms with Crippen molar-refractivity contribution in [3.05, 3.63) is 0 Å². The van der Waals surface area contributed by atoms with Gasteiger partial charge in [-0.25, -0.2) is 0 Å². The molecule has 2 heterocycles. The topological polar surface area (TPSA) is 35.5 Å². The number of hydrogen-bond donors (Lipinski definition) is 0. The van der Waals surface area contributed by atoms with Gasteiger partial charge in [0.05, 0.1) is 12.7 Å². The fraction of sp³-hybridized carbons (Fsp3) is 0.929. The molecule has 2 saturated heterocycles. The first-order chi connectivity index (χ1) is 9.24. The zero-order valence-electron chi connectivity index (χ0n) is 11.6. The standard InChI is InChI=1S/C14H24O3S2/c1-11-6-7-12(10-16-11)17-14(15)5-3-2-4-13-8-9-18-19-13/h11-13H,2-10H2,1H3/t11-,12-,13-/m1/s1. The van der Waals surface area contributed by atoms with Crippen LogP contribution in [-0.2, 0) is 14.3 Å². The average molecular weight is 304 g/mol. The molecule has 0 aromatic heterocycles. The lowest BCUT2D eigenvalue weighted by Crippen LogP contribution is -2.31. The molecule has 2 fully saturated rings. The monoisotopic (exact) mass is 304 g/mol. The van der Waals surface area contributed by atoms with E-state index >= 15 is 0 Å². The molecule has 3 nitrogen and oxygen atoms in total. The van der Waals surface area contributed by atoms with E-state index in [1.807, 2.05) is 21.6 Å². The van der Waals surface area contributed by atoms with Crippen molar-refractivity contribution in [3.8, 4) is 0 Å². The van der Waals surface area contributed by atoms with E-state index in [2.05, 4.69) is 6.92 Å². The quantitative estimate of drug-likeness (QED) is 0.423. The number of esters is 1. The molecule has 0 amide bonds. The minimum atomic E-state index is -0.0448. The Balaban J connectivity index is 1.49. The second-order valence-electron chi connectivity index (χ2n) is 5.41. The molecule has 2 rings (SSSR count). The molecule has 3 atom stereocenters. The highest BCUT2D eigenvalue weighted by Gasteiger charge is 2.22. The van der Waals surface area contributed by atoms with Crippen LogP contribution in [0.25, 0.3) is 0 Å². The van der Waals surface area contributed by atoms with Crippen LogP contribution in [0.3, 0.4) is 0 Å². The van der Waals surface area contributed by atoms with Gasteiger partial charge in [0.15, 0.2) is 0 Å². The highest BCUT2D eigenvalue weighted by Crippen LogP contribution is 2.39. The van der Waals surface area contributed by atoms with Gasteiger partial charge in [-0.15, -0.1) is 0 Å². The number of ether oxygens (including phenoxy) is 2. The summed E-state index contributed by atoms with van der Waals surface area (Å²) in [6.07, 6.45) is 7.50. The molecule has 0 radical (unpaired) electrons. The fourth-order valence-electron chi connectivity index (χ4n) is 2.40. The molecule has 2 aliphatic rings. The Kier molecular flexibility index (Phi) is 6.88. The van der Waals surface area contributed by atoms with Crippen LogP contribution in [-0.4, -0.2) is 35.8 Å². The van der Waals surface area contributed by atoms with Crippen molar-refractivity contribution in [3.63, 3.8) is 0 Å². The van der Waals surface area contributed by atoms with Crippen LogP contribution in [0.2, 0.25) is 0 Å². The van der Waals surface area contributed by atoms with Gasteiger partial charge in [-0.1, -0.05) is 28.0 Å². The first-order valence-corrected chi connectivity index (χ1v) is 9.71. The predicted octanol–water partition coefficient (Wildman–Crippen LogP) is 3.81. The molecule has 5 heteroatoms. The first kappa shape index (κ1) is 15.5. The highest BCUT2D eigenvalue weighted by molar-refractivity contribution is 8.77. The van der Waals surface area contributed by atoms with Crippen molar-refractivity contribution in [2.75, 3.05) is 12.4 Å². The summed E-state index contributed by atoms with van der Waals surface area (Å²) in [4.78, 5) is 11.7. The molecule has 0 aromatic carbocycles. The smallest absolute Gasteiger partial charge is 0.306 e. The Morgan fingerprint density at radius 2 is 2.21 bits per heavy atom. The Labute approximate surface area is 124 Å². The van der Waals surface area contributed by atoms with Crippen LogP contribution in [0.4, 0.5) is 0 Å². The van der Waals surface area contributed by atoms with Gasteiger partial charge >= 0.3 is 5.97 Å². The molecule has 0 aromatic rings. The van der Waals surface area contributed by atoms with Crippen molar-refractivity contribution in [1.82, 2.24) is 0 Å². The lowest BCUT2D eigenvalue weighted by atomic mass is 10.1. The molecule has 0 aliphatic carbocycles. The molecule has 0 saturated carbocycles. The van der Waals surface area contributed by atoms with Gasteiger partial charge in [0.2, 0.25) is 0 Å². The van der Waals surface area contributed by atoms with E-state index < -0.39 is 0 Å². The maximum atomic E-state index is 11.7. The van der Waals surface area contributed by atoms with E-state index in [0.717, 1.165) is 30.9 Å². The van der Waals surface area contributed by atoms with E-state index in [1.54, 1.807) is 0 Å². The third-order valence-electron chi connectivity index (χ3n) is 3.64. The van der Waals surface area contributed by atoms with Crippen LogP contribution < -0.4 is 0 Å². The van der Waals surface area contributed by atoms with Crippen LogP contribution in [0.5, 0.6) is 0 Å². The minimum Gasteiger partial charge on any atom is -0.460 e. The summed E-state index contributed by atoms with van der Waals surface area (Å²) in [6, 6.07) is 0. The average Bonchev–Trinajstić information content (AvgIpc) is 2.91. The second-order valence-corrected chi connectivity index (χ2v) is 8.20.